The van der Waals surface area contributed by atoms with Crippen LogP contribution >= 0.6 is 0 Å². The number of hydrogen-bond acceptors (Lipinski definition) is 2. The number of aliphatic hydroxyl groups is 1. The normalized spacial score (nSPS) is 29.3. The van der Waals surface area contributed by atoms with Gasteiger partial charge in [0.25, 0.3) is 0 Å². The summed E-state index contributed by atoms with van der Waals surface area (Å²) in [5.74, 6) is 1.50. The third kappa shape index (κ3) is 2.22. The molecule has 88 valence electrons. The van der Waals surface area contributed by atoms with Gasteiger partial charge >= 0.3 is 0 Å². The van der Waals surface area contributed by atoms with E-state index in [9.17, 15) is 5.11 Å². The molecule has 1 aliphatic rings. The number of benzene rings is 1. The van der Waals surface area contributed by atoms with Crippen LogP contribution in [0.2, 0.25) is 0 Å². The largest absolute Gasteiger partial charge is 0.494 e. The highest BCUT2D eigenvalue weighted by Gasteiger charge is 2.36. The lowest BCUT2D eigenvalue weighted by Crippen LogP contribution is -2.21. The Labute approximate surface area is 97.3 Å². The average Bonchev–Trinajstić information content (AvgIpc) is 2.61. The van der Waals surface area contributed by atoms with Crippen LogP contribution < -0.4 is 4.74 Å². The molecule has 0 aliphatic heterocycles. The van der Waals surface area contributed by atoms with Crippen LogP contribution in [0.4, 0.5) is 0 Å². The highest BCUT2D eigenvalue weighted by molar-refractivity contribution is 5.31. The van der Waals surface area contributed by atoms with Crippen molar-refractivity contribution in [3.8, 4) is 5.75 Å². The Morgan fingerprint density at radius 2 is 2.06 bits per heavy atom. The summed E-state index contributed by atoms with van der Waals surface area (Å²) in [6.07, 6.45) is 2.87. The van der Waals surface area contributed by atoms with Crippen LogP contribution in [0.25, 0.3) is 0 Å². The van der Waals surface area contributed by atoms with Crippen molar-refractivity contribution in [1.82, 2.24) is 0 Å². The number of ether oxygens (including phenoxy) is 1. The second kappa shape index (κ2) is 4.46. The molecule has 0 aromatic heterocycles. The molecule has 0 spiro atoms. The third-order valence-electron chi connectivity index (χ3n) is 3.44. The van der Waals surface area contributed by atoms with Crippen LogP contribution in [0.5, 0.6) is 5.75 Å². The minimum atomic E-state index is -0.607. The van der Waals surface area contributed by atoms with E-state index in [0.29, 0.717) is 12.5 Å². The van der Waals surface area contributed by atoms with E-state index < -0.39 is 5.60 Å². The van der Waals surface area contributed by atoms with Crippen LogP contribution in [-0.2, 0) is 5.60 Å². The predicted octanol–water partition coefficient (Wildman–Crippen LogP) is 3.09. The molecule has 2 unspecified atom stereocenters. The topological polar surface area (TPSA) is 29.5 Å². The van der Waals surface area contributed by atoms with E-state index in [1.165, 1.54) is 0 Å². The average molecular weight is 220 g/mol. The van der Waals surface area contributed by atoms with E-state index in [2.05, 4.69) is 6.92 Å². The van der Waals surface area contributed by atoms with Crippen molar-refractivity contribution in [1.29, 1.82) is 0 Å². The minimum Gasteiger partial charge on any atom is -0.494 e. The third-order valence-corrected chi connectivity index (χ3v) is 3.44. The Hall–Kier alpha value is -1.02. The van der Waals surface area contributed by atoms with Crippen molar-refractivity contribution in [3.05, 3.63) is 29.8 Å². The highest BCUT2D eigenvalue weighted by atomic mass is 16.5. The van der Waals surface area contributed by atoms with E-state index >= 15 is 0 Å². The number of hydrogen-bond donors (Lipinski definition) is 1. The molecular formula is C14H20O2. The molecule has 1 aromatic carbocycles. The Bertz CT molecular complexity index is 344. The minimum absolute atomic E-state index is 0.607. The van der Waals surface area contributed by atoms with Gasteiger partial charge in [0.15, 0.2) is 0 Å². The van der Waals surface area contributed by atoms with Crippen molar-refractivity contribution in [2.75, 3.05) is 6.61 Å². The van der Waals surface area contributed by atoms with Gasteiger partial charge in [-0.3, -0.25) is 0 Å². The summed E-state index contributed by atoms with van der Waals surface area (Å²) in [5, 5.41) is 10.5. The van der Waals surface area contributed by atoms with Gasteiger partial charge in [-0.15, -0.1) is 0 Å². The number of rotatable bonds is 3. The Balaban J connectivity index is 2.15. The molecule has 0 bridgehead atoms. The fourth-order valence-corrected chi connectivity index (χ4v) is 2.56. The molecule has 2 rings (SSSR count). The summed E-state index contributed by atoms with van der Waals surface area (Å²) < 4.78 is 5.40. The molecule has 1 aromatic rings. The van der Waals surface area contributed by atoms with E-state index in [4.69, 9.17) is 4.74 Å². The van der Waals surface area contributed by atoms with Crippen LogP contribution in [0.15, 0.2) is 24.3 Å². The lowest BCUT2D eigenvalue weighted by molar-refractivity contribution is 0.0407. The van der Waals surface area contributed by atoms with Gasteiger partial charge in [0.2, 0.25) is 0 Å². The molecule has 0 saturated heterocycles. The van der Waals surface area contributed by atoms with Gasteiger partial charge in [0.1, 0.15) is 5.75 Å². The molecular weight excluding hydrogens is 200 g/mol. The van der Waals surface area contributed by atoms with Gasteiger partial charge in [-0.25, -0.2) is 0 Å². The Morgan fingerprint density at radius 1 is 1.38 bits per heavy atom. The second-order valence-corrected chi connectivity index (χ2v) is 4.84. The summed E-state index contributed by atoms with van der Waals surface area (Å²) in [6, 6.07) is 7.87. The van der Waals surface area contributed by atoms with Gasteiger partial charge in [-0.1, -0.05) is 19.1 Å². The maximum atomic E-state index is 10.5. The molecule has 1 fully saturated rings. The van der Waals surface area contributed by atoms with Crippen molar-refractivity contribution < 1.29 is 9.84 Å². The molecule has 1 N–H and O–H groups in total. The van der Waals surface area contributed by atoms with Crippen molar-refractivity contribution in [3.63, 3.8) is 0 Å². The maximum absolute atomic E-state index is 10.5. The molecule has 1 aliphatic carbocycles. The zero-order chi connectivity index (χ0) is 11.6. The van der Waals surface area contributed by atoms with Crippen molar-refractivity contribution >= 4 is 0 Å². The molecule has 2 heteroatoms. The first-order chi connectivity index (χ1) is 7.64. The maximum Gasteiger partial charge on any atom is 0.119 e. The zero-order valence-corrected chi connectivity index (χ0v) is 10.1. The van der Waals surface area contributed by atoms with E-state index in [0.717, 1.165) is 30.6 Å². The molecule has 0 amide bonds. The second-order valence-electron chi connectivity index (χ2n) is 4.84. The van der Waals surface area contributed by atoms with Gasteiger partial charge in [0, 0.05) is 0 Å². The SMILES string of the molecule is CCOc1ccc(C2(O)CCC(C)C2)cc1. The van der Waals surface area contributed by atoms with Crippen molar-refractivity contribution in [2.45, 2.75) is 38.7 Å². The molecule has 2 nitrogen and oxygen atoms in total. The predicted molar refractivity (Wildman–Crippen MR) is 64.5 cm³/mol. The highest BCUT2D eigenvalue weighted by Crippen LogP contribution is 2.42. The smallest absolute Gasteiger partial charge is 0.119 e. The Kier molecular flexibility index (Phi) is 3.20. The molecule has 1 saturated carbocycles. The standard InChI is InChI=1S/C14H20O2/c1-3-16-13-6-4-12(5-7-13)14(15)9-8-11(2)10-14/h4-7,11,15H,3,8-10H2,1-2H3. The first-order valence-electron chi connectivity index (χ1n) is 6.10. The lowest BCUT2D eigenvalue weighted by Gasteiger charge is -2.23. The molecule has 0 heterocycles. The quantitative estimate of drug-likeness (QED) is 0.848. The summed E-state index contributed by atoms with van der Waals surface area (Å²) in [7, 11) is 0. The van der Waals surface area contributed by atoms with Crippen LogP contribution in [0, 0.1) is 5.92 Å². The summed E-state index contributed by atoms with van der Waals surface area (Å²) >= 11 is 0. The fourth-order valence-electron chi connectivity index (χ4n) is 2.56. The summed E-state index contributed by atoms with van der Waals surface area (Å²) in [6.45, 7) is 4.85. The first-order valence-corrected chi connectivity index (χ1v) is 6.10. The summed E-state index contributed by atoms with van der Waals surface area (Å²) in [5.41, 5.74) is 0.421. The van der Waals surface area contributed by atoms with E-state index in [1.54, 1.807) is 0 Å². The molecule has 2 atom stereocenters. The first kappa shape index (κ1) is 11.5. The van der Waals surface area contributed by atoms with Gasteiger partial charge in [-0.2, -0.15) is 0 Å². The van der Waals surface area contributed by atoms with Gasteiger partial charge < -0.3 is 9.84 Å². The van der Waals surface area contributed by atoms with Crippen LogP contribution in [0.3, 0.4) is 0 Å². The van der Waals surface area contributed by atoms with Crippen LogP contribution in [0.1, 0.15) is 38.7 Å². The zero-order valence-electron chi connectivity index (χ0n) is 10.1. The Morgan fingerprint density at radius 3 is 2.56 bits per heavy atom. The molecule has 0 radical (unpaired) electrons. The van der Waals surface area contributed by atoms with Gasteiger partial charge in [0.05, 0.1) is 12.2 Å². The van der Waals surface area contributed by atoms with E-state index in [1.807, 2.05) is 31.2 Å². The van der Waals surface area contributed by atoms with Gasteiger partial charge in [-0.05, 0) is 49.8 Å². The van der Waals surface area contributed by atoms with Crippen LogP contribution in [-0.4, -0.2) is 11.7 Å². The molecule has 16 heavy (non-hydrogen) atoms. The van der Waals surface area contributed by atoms with Crippen molar-refractivity contribution in [2.24, 2.45) is 5.92 Å². The monoisotopic (exact) mass is 220 g/mol. The van der Waals surface area contributed by atoms with E-state index in [-0.39, 0.29) is 0 Å². The summed E-state index contributed by atoms with van der Waals surface area (Å²) in [4.78, 5) is 0. The lowest BCUT2D eigenvalue weighted by atomic mass is 9.91. The fraction of sp³-hybridized carbons (Fsp3) is 0.571.